The van der Waals surface area contributed by atoms with Gasteiger partial charge in [-0.3, -0.25) is 4.79 Å². The molecule has 0 radical (unpaired) electrons. The van der Waals surface area contributed by atoms with Crippen LogP contribution < -0.4 is 10.2 Å². The second-order valence-electron chi connectivity index (χ2n) is 5.14. The van der Waals surface area contributed by atoms with Crippen LogP contribution in [0.2, 0.25) is 5.02 Å². The number of anilines is 2. The summed E-state index contributed by atoms with van der Waals surface area (Å²) in [5.41, 5.74) is 3.01. The Labute approximate surface area is 129 Å². The number of benzene rings is 2. The first-order chi connectivity index (χ1) is 10.2. The molecular weight excluding hydrogens is 284 g/mol. The molecule has 0 aromatic heterocycles. The Balaban J connectivity index is 1.72. The van der Waals surface area contributed by atoms with Gasteiger partial charge in [0, 0.05) is 35.9 Å². The van der Waals surface area contributed by atoms with Gasteiger partial charge >= 0.3 is 0 Å². The second-order valence-corrected chi connectivity index (χ2v) is 5.55. The van der Waals surface area contributed by atoms with Crippen molar-refractivity contribution in [3.05, 3.63) is 59.1 Å². The van der Waals surface area contributed by atoms with Crippen molar-refractivity contribution in [3.8, 4) is 0 Å². The summed E-state index contributed by atoms with van der Waals surface area (Å²) in [5, 5.41) is 4.12. The van der Waals surface area contributed by atoms with Gasteiger partial charge in [0.05, 0.1) is 0 Å². The van der Waals surface area contributed by atoms with E-state index in [1.54, 1.807) is 0 Å². The minimum atomic E-state index is 0.207. The number of hydrogen-bond donors (Lipinski definition) is 1. The molecule has 1 heterocycles. The van der Waals surface area contributed by atoms with E-state index >= 15 is 0 Å². The molecule has 0 unspecified atom stereocenters. The Morgan fingerprint density at radius 1 is 1.14 bits per heavy atom. The van der Waals surface area contributed by atoms with Crippen molar-refractivity contribution in [2.75, 3.05) is 16.8 Å². The molecule has 2 aromatic carbocycles. The van der Waals surface area contributed by atoms with Crippen molar-refractivity contribution < 1.29 is 4.79 Å². The molecule has 1 aliphatic rings. The maximum Gasteiger partial charge on any atom is 0.227 e. The first-order valence-electron chi connectivity index (χ1n) is 7.12. The van der Waals surface area contributed by atoms with Crippen LogP contribution in [0.3, 0.4) is 0 Å². The van der Waals surface area contributed by atoms with Gasteiger partial charge in [-0.15, -0.1) is 0 Å². The molecule has 0 atom stereocenters. The molecular formula is C17H17ClN2O. The summed E-state index contributed by atoms with van der Waals surface area (Å²) in [5.74, 6) is 0.207. The van der Waals surface area contributed by atoms with E-state index in [1.807, 2.05) is 53.4 Å². The average Bonchev–Trinajstić information content (AvgIpc) is 2.93. The van der Waals surface area contributed by atoms with E-state index in [0.29, 0.717) is 13.0 Å². The van der Waals surface area contributed by atoms with Crippen molar-refractivity contribution in [2.24, 2.45) is 0 Å². The SMILES string of the molecule is O=C1CCCN1c1cccc(NCc2ccccc2Cl)c1. The molecule has 1 N–H and O–H groups in total. The number of carbonyl (C=O) groups is 1. The zero-order chi connectivity index (χ0) is 14.7. The first-order valence-corrected chi connectivity index (χ1v) is 7.49. The van der Waals surface area contributed by atoms with Crippen molar-refractivity contribution in [3.63, 3.8) is 0 Å². The van der Waals surface area contributed by atoms with Gasteiger partial charge in [-0.25, -0.2) is 0 Å². The van der Waals surface area contributed by atoms with E-state index in [1.165, 1.54) is 0 Å². The van der Waals surface area contributed by atoms with E-state index in [-0.39, 0.29) is 5.91 Å². The lowest BCUT2D eigenvalue weighted by Crippen LogP contribution is -2.23. The number of rotatable bonds is 4. The topological polar surface area (TPSA) is 32.3 Å². The van der Waals surface area contributed by atoms with Crippen LogP contribution in [-0.4, -0.2) is 12.5 Å². The van der Waals surface area contributed by atoms with Gasteiger partial charge in [0.25, 0.3) is 0 Å². The van der Waals surface area contributed by atoms with E-state index in [0.717, 1.165) is 34.9 Å². The van der Waals surface area contributed by atoms with Crippen molar-refractivity contribution in [1.82, 2.24) is 0 Å². The van der Waals surface area contributed by atoms with Gasteiger partial charge < -0.3 is 10.2 Å². The summed E-state index contributed by atoms with van der Waals surface area (Å²) < 4.78 is 0. The van der Waals surface area contributed by atoms with E-state index < -0.39 is 0 Å². The van der Waals surface area contributed by atoms with E-state index in [9.17, 15) is 4.79 Å². The zero-order valence-corrected chi connectivity index (χ0v) is 12.4. The number of nitrogens with zero attached hydrogens (tertiary/aromatic N) is 1. The molecule has 4 heteroatoms. The highest BCUT2D eigenvalue weighted by Crippen LogP contribution is 2.25. The van der Waals surface area contributed by atoms with Gasteiger partial charge in [-0.2, -0.15) is 0 Å². The monoisotopic (exact) mass is 300 g/mol. The highest BCUT2D eigenvalue weighted by molar-refractivity contribution is 6.31. The van der Waals surface area contributed by atoms with E-state index in [4.69, 9.17) is 11.6 Å². The number of carbonyl (C=O) groups excluding carboxylic acids is 1. The highest BCUT2D eigenvalue weighted by atomic mass is 35.5. The molecule has 21 heavy (non-hydrogen) atoms. The molecule has 2 aromatic rings. The minimum absolute atomic E-state index is 0.207. The third-order valence-corrected chi connectivity index (χ3v) is 4.04. The van der Waals surface area contributed by atoms with Crippen LogP contribution in [-0.2, 0) is 11.3 Å². The third kappa shape index (κ3) is 3.19. The lowest BCUT2D eigenvalue weighted by Gasteiger charge is -2.17. The maximum absolute atomic E-state index is 11.8. The van der Waals surface area contributed by atoms with Crippen LogP contribution >= 0.6 is 11.6 Å². The molecule has 1 fully saturated rings. The normalized spacial score (nSPS) is 14.5. The Bertz CT molecular complexity index is 657. The van der Waals surface area contributed by atoms with Crippen LogP contribution in [0.5, 0.6) is 0 Å². The standard InChI is InChI=1S/C17H17ClN2O/c18-16-8-2-1-5-13(16)12-19-14-6-3-7-15(11-14)20-10-4-9-17(20)21/h1-3,5-8,11,19H,4,9-10,12H2. The Morgan fingerprint density at radius 2 is 2.00 bits per heavy atom. The third-order valence-electron chi connectivity index (χ3n) is 3.67. The number of halogens is 1. The molecule has 0 aliphatic carbocycles. The fourth-order valence-corrected chi connectivity index (χ4v) is 2.75. The highest BCUT2D eigenvalue weighted by Gasteiger charge is 2.21. The first kappa shape index (κ1) is 14.0. The van der Waals surface area contributed by atoms with Gasteiger partial charge in [0.2, 0.25) is 5.91 Å². The molecule has 0 saturated carbocycles. The molecule has 1 aliphatic heterocycles. The van der Waals surface area contributed by atoms with Crippen LogP contribution in [0.1, 0.15) is 18.4 Å². The summed E-state index contributed by atoms with van der Waals surface area (Å²) in [6.07, 6.45) is 1.59. The van der Waals surface area contributed by atoms with Crippen LogP contribution in [0.25, 0.3) is 0 Å². The Morgan fingerprint density at radius 3 is 2.76 bits per heavy atom. The summed E-state index contributed by atoms with van der Waals surface area (Å²) >= 11 is 6.15. The maximum atomic E-state index is 11.8. The summed E-state index contributed by atoms with van der Waals surface area (Å²) in [7, 11) is 0. The summed E-state index contributed by atoms with van der Waals surface area (Å²) in [6.45, 7) is 1.48. The van der Waals surface area contributed by atoms with Gasteiger partial charge in [0.15, 0.2) is 0 Å². The molecule has 3 nitrogen and oxygen atoms in total. The van der Waals surface area contributed by atoms with E-state index in [2.05, 4.69) is 5.32 Å². The Kier molecular flexibility index (Phi) is 4.11. The zero-order valence-electron chi connectivity index (χ0n) is 11.7. The molecule has 3 rings (SSSR count). The van der Waals surface area contributed by atoms with Crippen molar-refractivity contribution in [2.45, 2.75) is 19.4 Å². The fourth-order valence-electron chi connectivity index (χ4n) is 2.54. The predicted molar refractivity (Wildman–Crippen MR) is 86.8 cm³/mol. The molecule has 108 valence electrons. The predicted octanol–water partition coefficient (Wildman–Crippen LogP) is 4.08. The van der Waals surface area contributed by atoms with Crippen LogP contribution in [0.4, 0.5) is 11.4 Å². The van der Waals surface area contributed by atoms with Gasteiger partial charge in [-0.05, 0) is 36.2 Å². The van der Waals surface area contributed by atoms with Crippen molar-refractivity contribution >= 4 is 28.9 Å². The molecule has 0 spiro atoms. The quantitative estimate of drug-likeness (QED) is 0.923. The van der Waals surface area contributed by atoms with Gasteiger partial charge in [0.1, 0.15) is 0 Å². The van der Waals surface area contributed by atoms with Crippen LogP contribution in [0.15, 0.2) is 48.5 Å². The van der Waals surface area contributed by atoms with Crippen LogP contribution in [0, 0.1) is 0 Å². The minimum Gasteiger partial charge on any atom is -0.381 e. The lowest BCUT2D eigenvalue weighted by atomic mass is 10.2. The molecule has 1 saturated heterocycles. The molecule has 0 bridgehead atoms. The second kappa shape index (κ2) is 6.19. The number of amides is 1. The smallest absolute Gasteiger partial charge is 0.227 e. The largest absolute Gasteiger partial charge is 0.381 e. The number of nitrogens with one attached hydrogen (secondary N) is 1. The lowest BCUT2D eigenvalue weighted by molar-refractivity contribution is -0.117. The summed E-state index contributed by atoms with van der Waals surface area (Å²) in [4.78, 5) is 13.6. The van der Waals surface area contributed by atoms with Crippen molar-refractivity contribution in [1.29, 1.82) is 0 Å². The number of hydrogen-bond acceptors (Lipinski definition) is 2. The average molecular weight is 301 g/mol. The molecule has 1 amide bonds. The fraction of sp³-hybridized carbons (Fsp3) is 0.235. The van der Waals surface area contributed by atoms with Gasteiger partial charge in [-0.1, -0.05) is 35.9 Å². The summed E-state index contributed by atoms with van der Waals surface area (Å²) in [6, 6.07) is 15.7. The Hall–Kier alpha value is -2.00.